The lowest BCUT2D eigenvalue weighted by molar-refractivity contribution is 0.366. The lowest BCUT2D eigenvalue weighted by atomic mass is 10.0. The molecule has 0 amide bonds. The van der Waals surface area contributed by atoms with E-state index in [9.17, 15) is 0 Å². The summed E-state index contributed by atoms with van der Waals surface area (Å²) in [7, 11) is 0. The van der Waals surface area contributed by atoms with Gasteiger partial charge in [0.25, 0.3) is 0 Å². The normalized spacial score (nSPS) is 12.6. The van der Waals surface area contributed by atoms with E-state index in [1.165, 1.54) is 5.39 Å². The molecule has 0 bridgehead atoms. The first-order valence-electron chi connectivity index (χ1n) is 11.4. The molecule has 0 aliphatic carbocycles. The first-order chi connectivity index (χ1) is 16.9. The van der Waals surface area contributed by atoms with E-state index in [-0.39, 0.29) is 0 Å². The fourth-order valence-corrected chi connectivity index (χ4v) is 5.37. The summed E-state index contributed by atoms with van der Waals surface area (Å²) in [6.07, 6.45) is 0. The van der Waals surface area contributed by atoms with Gasteiger partial charge in [-0.3, -0.25) is 0 Å². The molecule has 1 N–H and O–H groups in total. The monoisotopic (exact) mass is 438 g/mol. The van der Waals surface area contributed by atoms with Crippen molar-refractivity contribution in [2.45, 2.75) is 0 Å². The number of benzene rings is 5. The lowest BCUT2D eigenvalue weighted by Crippen LogP contribution is -2.02. The molecule has 0 spiro atoms. The van der Waals surface area contributed by atoms with Crippen molar-refractivity contribution in [2.24, 2.45) is 0 Å². The number of rotatable bonds is 1. The van der Waals surface area contributed by atoms with Gasteiger partial charge in [-0.25, -0.2) is 0 Å². The van der Waals surface area contributed by atoms with Crippen LogP contribution in [-0.2, 0) is 0 Å². The molecule has 2 aromatic heterocycles. The molecule has 0 saturated heterocycles. The van der Waals surface area contributed by atoms with E-state index in [0.29, 0.717) is 0 Å². The molecule has 4 nitrogen and oxygen atoms in total. The molecule has 4 heteroatoms. The molecular weight excluding hydrogens is 420 g/mol. The van der Waals surface area contributed by atoms with Crippen molar-refractivity contribution in [3.05, 3.63) is 103 Å². The third kappa shape index (κ3) is 2.22. The van der Waals surface area contributed by atoms with Crippen molar-refractivity contribution in [2.75, 3.05) is 0 Å². The highest BCUT2D eigenvalue weighted by molar-refractivity contribution is 6.29. The zero-order valence-electron chi connectivity index (χ0n) is 18.1. The van der Waals surface area contributed by atoms with Crippen LogP contribution >= 0.6 is 0 Å². The third-order valence-corrected chi connectivity index (χ3v) is 6.77. The molecule has 0 atom stereocenters. The summed E-state index contributed by atoms with van der Waals surface area (Å²) in [5, 5.41) is 4.47. The summed E-state index contributed by atoms with van der Waals surface area (Å²) < 4.78 is 15.5. The SMILES string of the molecule is c1ccc(-n2c3ccccc3c3c4[nH]c5ccccc5c4c4c(c32)Oc2ccccc2O4)cc1. The van der Waals surface area contributed by atoms with Gasteiger partial charge in [0.15, 0.2) is 23.0 Å². The van der Waals surface area contributed by atoms with Crippen molar-refractivity contribution < 1.29 is 9.47 Å². The van der Waals surface area contributed by atoms with Crippen molar-refractivity contribution in [1.29, 1.82) is 0 Å². The van der Waals surface area contributed by atoms with Crippen molar-refractivity contribution in [3.8, 4) is 28.7 Å². The first kappa shape index (κ1) is 17.8. The molecular formula is C30H18N2O2. The zero-order valence-corrected chi connectivity index (χ0v) is 18.1. The van der Waals surface area contributed by atoms with E-state index in [1.807, 2.05) is 30.3 Å². The number of para-hydroxylation sites is 5. The maximum absolute atomic E-state index is 6.65. The number of nitrogens with one attached hydrogen (secondary N) is 1. The standard InChI is InChI=1S/C30H18N2O2/c1-2-10-18(11-3-1)32-22-15-7-5-13-20(22)25-27-26(19-12-4-6-14-21(19)31-27)29-30(28(25)32)34-24-17-9-8-16-23(24)33-29/h1-17,31H. The molecule has 1 aliphatic heterocycles. The Kier molecular flexibility index (Phi) is 3.36. The molecule has 0 saturated carbocycles. The second kappa shape index (κ2) is 6.42. The van der Waals surface area contributed by atoms with Crippen molar-refractivity contribution >= 4 is 43.6 Å². The molecule has 160 valence electrons. The van der Waals surface area contributed by atoms with Gasteiger partial charge in [-0.05, 0) is 36.4 Å². The second-order valence-corrected chi connectivity index (χ2v) is 8.64. The fourth-order valence-electron chi connectivity index (χ4n) is 5.37. The van der Waals surface area contributed by atoms with Crippen molar-refractivity contribution in [3.63, 3.8) is 0 Å². The average molecular weight is 438 g/mol. The second-order valence-electron chi connectivity index (χ2n) is 8.64. The topological polar surface area (TPSA) is 39.2 Å². The summed E-state index contributed by atoms with van der Waals surface area (Å²) >= 11 is 0. The number of ether oxygens (including phenoxy) is 2. The highest BCUT2D eigenvalue weighted by atomic mass is 16.6. The number of aromatic amines is 1. The van der Waals surface area contributed by atoms with Crippen LogP contribution in [0.15, 0.2) is 103 Å². The Hall–Kier alpha value is -4.70. The van der Waals surface area contributed by atoms with Crippen LogP contribution in [0.1, 0.15) is 0 Å². The minimum absolute atomic E-state index is 0.723. The number of aromatic nitrogens is 2. The molecule has 8 rings (SSSR count). The maximum Gasteiger partial charge on any atom is 0.195 e. The predicted molar refractivity (Wildman–Crippen MR) is 137 cm³/mol. The van der Waals surface area contributed by atoms with Gasteiger partial charge in [-0.2, -0.15) is 0 Å². The van der Waals surface area contributed by atoms with Gasteiger partial charge in [-0.1, -0.05) is 66.7 Å². The van der Waals surface area contributed by atoms with Crippen LogP contribution in [-0.4, -0.2) is 9.55 Å². The van der Waals surface area contributed by atoms with Gasteiger partial charge in [0.2, 0.25) is 0 Å². The Bertz CT molecular complexity index is 1910. The van der Waals surface area contributed by atoms with E-state index >= 15 is 0 Å². The van der Waals surface area contributed by atoms with Crippen LogP contribution in [0.3, 0.4) is 0 Å². The summed E-state index contributed by atoms with van der Waals surface area (Å²) in [6.45, 7) is 0. The Morgan fingerprint density at radius 2 is 1.21 bits per heavy atom. The summed E-state index contributed by atoms with van der Waals surface area (Å²) in [6, 6.07) is 35.2. The van der Waals surface area contributed by atoms with Gasteiger partial charge < -0.3 is 19.0 Å². The molecule has 0 fully saturated rings. The number of hydrogen-bond donors (Lipinski definition) is 1. The van der Waals surface area contributed by atoms with Crippen LogP contribution in [0.5, 0.6) is 23.0 Å². The predicted octanol–water partition coefficient (Wildman–Crippen LogP) is 8.32. The van der Waals surface area contributed by atoms with E-state index in [1.54, 1.807) is 0 Å². The largest absolute Gasteiger partial charge is 0.449 e. The molecule has 0 unspecified atom stereocenters. The minimum atomic E-state index is 0.723. The Morgan fingerprint density at radius 3 is 2.03 bits per heavy atom. The average Bonchev–Trinajstić information content (AvgIpc) is 3.45. The molecule has 3 heterocycles. The van der Waals surface area contributed by atoms with E-state index in [2.05, 4.69) is 82.3 Å². The van der Waals surface area contributed by atoms with Crippen LogP contribution < -0.4 is 9.47 Å². The number of hydrogen-bond acceptors (Lipinski definition) is 2. The number of H-pyrrole nitrogens is 1. The smallest absolute Gasteiger partial charge is 0.195 e. The van der Waals surface area contributed by atoms with Crippen LogP contribution in [0.25, 0.3) is 49.3 Å². The summed E-state index contributed by atoms with van der Waals surface area (Å²) in [5.41, 5.74) is 5.33. The number of nitrogens with zero attached hydrogens (tertiary/aromatic N) is 1. The van der Waals surface area contributed by atoms with Crippen LogP contribution in [0.4, 0.5) is 0 Å². The number of fused-ring (bicyclic) bond motifs is 11. The zero-order chi connectivity index (χ0) is 22.2. The first-order valence-corrected chi connectivity index (χ1v) is 11.4. The molecule has 7 aromatic rings. The Labute approximate surface area is 194 Å². The molecule has 0 radical (unpaired) electrons. The fraction of sp³-hybridized carbons (Fsp3) is 0. The van der Waals surface area contributed by atoms with Crippen molar-refractivity contribution in [1.82, 2.24) is 9.55 Å². The van der Waals surface area contributed by atoms with E-state index < -0.39 is 0 Å². The van der Waals surface area contributed by atoms with Gasteiger partial charge in [0, 0.05) is 27.4 Å². The molecule has 1 aliphatic rings. The van der Waals surface area contributed by atoms with Gasteiger partial charge in [0.05, 0.1) is 16.4 Å². The van der Waals surface area contributed by atoms with Gasteiger partial charge in [0.1, 0.15) is 5.52 Å². The minimum Gasteiger partial charge on any atom is -0.449 e. The third-order valence-electron chi connectivity index (χ3n) is 6.77. The Balaban J connectivity index is 1.66. The molecule has 34 heavy (non-hydrogen) atoms. The van der Waals surface area contributed by atoms with Crippen LogP contribution in [0, 0.1) is 0 Å². The molecule has 5 aromatic carbocycles. The van der Waals surface area contributed by atoms with Gasteiger partial charge >= 0.3 is 0 Å². The van der Waals surface area contributed by atoms with E-state index in [0.717, 1.165) is 66.9 Å². The van der Waals surface area contributed by atoms with E-state index in [4.69, 9.17) is 9.47 Å². The lowest BCUT2D eigenvalue weighted by Gasteiger charge is -2.23. The summed E-state index contributed by atoms with van der Waals surface area (Å²) in [4.78, 5) is 3.70. The quantitative estimate of drug-likeness (QED) is 0.280. The van der Waals surface area contributed by atoms with Crippen LogP contribution in [0.2, 0.25) is 0 Å². The highest BCUT2D eigenvalue weighted by Gasteiger charge is 2.30. The summed E-state index contributed by atoms with van der Waals surface area (Å²) in [5.74, 6) is 2.94. The highest BCUT2D eigenvalue weighted by Crippen LogP contribution is 2.56. The van der Waals surface area contributed by atoms with Gasteiger partial charge in [-0.15, -0.1) is 0 Å². The maximum atomic E-state index is 6.65. The Morgan fingerprint density at radius 1 is 0.559 bits per heavy atom.